The molecule has 0 spiro atoms. The van der Waals surface area contributed by atoms with E-state index in [2.05, 4.69) is 0 Å². The van der Waals surface area contributed by atoms with E-state index in [4.69, 9.17) is 9.47 Å². The van der Waals surface area contributed by atoms with E-state index in [9.17, 15) is 27.9 Å². The predicted molar refractivity (Wildman–Crippen MR) is 123 cm³/mol. The second kappa shape index (κ2) is 15.4. The Morgan fingerprint density at radius 2 is 1.71 bits per heavy atom. The monoisotopic (exact) mass is 490 g/mol. The van der Waals surface area contributed by atoms with Crippen molar-refractivity contribution >= 4 is 12.0 Å². The molecule has 1 rings (SSSR count). The van der Waals surface area contributed by atoms with Crippen LogP contribution in [0.5, 0.6) is 5.75 Å². The summed E-state index contributed by atoms with van der Waals surface area (Å²) < 4.78 is 48.6. The number of benzene rings is 1. The van der Waals surface area contributed by atoms with Gasteiger partial charge in [0.15, 0.2) is 6.10 Å². The highest BCUT2D eigenvalue weighted by Crippen LogP contribution is 2.18. The van der Waals surface area contributed by atoms with Crippen molar-refractivity contribution in [3.63, 3.8) is 0 Å². The predicted octanol–water partition coefficient (Wildman–Crippen LogP) is 4.89. The van der Waals surface area contributed by atoms with Crippen LogP contribution in [0.1, 0.15) is 52.0 Å². The van der Waals surface area contributed by atoms with Crippen molar-refractivity contribution in [2.75, 3.05) is 32.8 Å². The molecule has 0 bridgehead atoms. The van der Waals surface area contributed by atoms with Crippen LogP contribution in [0.4, 0.5) is 18.0 Å². The summed E-state index contributed by atoms with van der Waals surface area (Å²) in [5.74, 6) is -0.310. The van der Waals surface area contributed by atoms with Gasteiger partial charge in [-0.05, 0) is 43.4 Å². The van der Waals surface area contributed by atoms with Crippen LogP contribution in [0.25, 0.3) is 0 Å². The third kappa shape index (κ3) is 12.1. The fraction of sp³-hybridized carbons (Fsp3) is 0.667. The normalized spacial score (nSPS) is 12.4. The van der Waals surface area contributed by atoms with Gasteiger partial charge in [-0.15, -0.1) is 0 Å². The van der Waals surface area contributed by atoms with E-state index in [1.54, 1.807) is 31.2 Å². The van der Waals surface area contributed by atoms with Crippen molar-refractivity contribution in [3.8, 4) is 5.75 Å². The molecule has 0 saturated carbocycles. The highest BCUT2D eigenvalue weighted by atomic mass is 19.4. The number of hydrogen-bond donors (Lipinski definition) is 2. The maximum Gasteiger partial charge on any atom is 0.405 e. The Balaban J connectivity index is 2.71. The molecule has 0 fully saturated rings. The minimum Gasteiger partial charge on any atom is -0.492 e. The Hall–Kier alpha value is -2.49. The van der Waals surface area contributed by atoms with Gasteiger partial charge in [0.05, 0.1) is 6.54 Å². The van der Waals surface area contributed by atoms with Crippen LogP contribution in [-0.2, 0) is 16.0 Å². The molecule has 0 aromatic heterocycles. The first-order valence-electron chi connectivity index (χ1n) is 11.7. The van der Waals surface area contributed by atoms with Gasteiger partial charge in [-0.3, -0.25) is 0 Å². The molecular weight excluding hydrogens is 453 g/mol. The lowest BCUT2D eigenvalue weighted by atomic mass is 9.98. The highest BCUT2D eigenvalue weighted by molar-refractivity contribution is 5.74. The molecule has 2 amide bonds. The topological polar surface area (TPSA) is 88.1 Å². The second-order valence-electron chi connectivity index (χ2n) is 8.14. The summed E-state index contributed by atoms with van der Waals surface area (Å²) in [5.41, 5.74) is 0.767. The molecule has 7 nitrogen and oxygen atoms in total. The molecule has 0 heterocycles. The number of rotatable bonds is 16. The zero-order chi connectivity index (χ0) is 25.6. The maximum absolute atomic E-state index is 12.6. The molecule has 0 radical (unpaired) electrons. The molecule has 1 unspecified atom stereocenters. The van der Waals surface area contributed by atoms with Gasteiger partial charge in [-0.25, -0.2) is 9.59 Å². The van der Waals surface area contributed by atoms with E-state index in [0.29, 0.717) is 18.9 Å². The number of halogens is 3. The Morgan fingerprint density at radius 1 is 1.09 bits per heavy atom. The number of nitrogens with one attached hydrogen (secondary N) is 1. The minimum atomic E-state index is -4.48. The first kappa shape index (κ1) is 29.5. The van der Waals surface area contributed by atoms with E-state index >= 15 is 0 Å². The summed E-state index contributed by atoms with van der Waals surface area (Å²) >= 11 is 0. The fourth-order valence-electron chi connectivity index (χ4n) is 3.65. The van der Waals surface area contributed by atoms with Crippen LogP contribution in [0.15, 0.2) is 24.3 Å². The summed E-state index contributed by atoms with van der Waals surface area (Å²) in [6, 6.07) is 6.08. The Kier molecular flexibility index (Phi) is 13.4. The quantitative estimate of drug-likeness (QED) is 0.345. The number of carbonyl (C=O) groups is 2. The SMILES string of the molecule is CCCC(CCC)CN(CCOc1ccc(CC(OCC)C(=O)O)cc1)C(=O)NCC(F)(F)F. The van der Waals surface area contributed by atoms with Crippen molar-refractivity contribution in [3.05, 3.63) is 29.8 Å². The zero-order valence-electron chi connectivity index (χ0n) is 20.2. The fourth-order valence-corrected chi connectivity index (χ4v) is 3.65. The standard InChI is InChI=1S/C24H37F3N2O5/c1-4-7-19(8-5-2)16-29(23(32)28-17-24(25,26)27)13-14-34-20-11-9-18(10-12-20)15-21(22(30)31)33-6-3/h9-12,19,21H,4-8,13-17H2,1-3H3,(H,28,32)(H,30,31). The lowest BCUT2D eigenvalue weighted by Crippen LogP contribution is -2.47. The number of amides is 2. The van der Waals surface area contributed by atoms with Gasteiger partial charge >= 0.3 is 18.2 Å². The number of nitrogens with zero attached hydrogens (tertiary/aromatic N) is 1. The van der Waals surface area contributed by atoms with Gasteiger partial charge in [-0.1, -0.05) is 38.8 Å². The molecule has 0 saturated heterocycles. The lowest BCUT2D eigenvalue weighted by molar-refractivity contribution is -0.150. The third-order valence-electron chi connectivity index (χ3n) is 5.22. The van der Waals surface area contributed by atoms with E-state index in [-0.39, 0.29) is 25.5 Å². The van der Waals surface area contributed by atoms with E-state index in [1.165, 1.54) is 4.90 Å². The third-order valence-corrected chi connectivity index (χ3v) is 5.22. The molecular formula is C24H37F3N2O5. The molecule has 0 aliphatic carbocycles. The number of aliphatic carboxylic acids is 1. The Morgan fingerprint density at radius 3 is 2.21 bits per heavy atom. The van der Waals surface area contributed by atoms with E-state index < -0.39 is 30.8 Å². The van der Waals surface area contributed by atoms with Crippen LogP contribution in [0.3, 0.4) is 0 Å². The molecule has 1 aromatic carbocycles. The van der Waals surface area contributed by atoms with Gasteiger partial charge in [0, 0.05) is 19.6 Å². The molecule has 10 heteroatoms. The lowest BCUT2D eigenvalue weighted by Gasteiger charge is -2.28. The Labute approximate surface area is 199 Å². The number of carbonyl (C=O) groups excluding carboxylic acids is 1. The smallest absolute Gasteiger partial charge is 0.405 e. The van der Waals surface area contributed by atoms with Crippen LogP contribution < -0.4 is 10.1 Å². The number of ether oxygens (including phenoxy) is 2. The molecule has 0 aliphatic rings. The highest BCUT2D eigenvalue weighted by Gasteiger charge is 2.29. The first-order chi connectivity index (χ1) is 16.1. The summed E-state index contributed by atoms with van der Waals surface area (Å²) in [7, 11) is 0. The number of carboxylic acids is 1. The Bertz CT molecular complexity index is 722. The molecule has 1 aromatic rings. The maximum atomic E-state index is 12.6. The van der Waals surface area contributed by atoms with Crippen molar-refractivity contribution in [2.24, 2.45) is 5.92 Å². The zero-order valence-corrected chi connectivity index (χ0v) is 20.2. The van der Waals surface area contributed by atoms with Crippen molar-refractivity contribution in [2.45, 2.75) is 65.2 Å². The van der Waals surface area contributed by atoms with Crippen molar-refractivity contribution in [1.82, 2.24) is 10.2 Å². The molecule has 0 aliphatic heterocycles. The molecule has 1 atom stereocenters. The van der Waals surface area contributed by atoms with Gasteiger partial charge < -0.3 is 24.8 Å². The number of carboxylic acid groups (broad SMARTS) is 1. The minimum absolute atomic E-state index is 0.112. The van der Waals surface area contributed by atoms with Crippen molar-refractivity contribution < 1.29 is 37.3 Å². The van der Waals surface area contributed by atoms with E-state index in [1.807, 2.05) is 19.2 Å². The van der Waals surface area contributed by atoms with Crippen LogP contribution >= 0.6 is 0 Å². The van der Waals surface area contributed by atoms with Crippen LogP contribution in [0, 0.1) is 5.92 Å². The first-order valence-corrected chi connectivity index (χ1v) is 11.7. The van der Waals surface area contributed by atoms with E-state index in [0.717, 1.165) is 31.2 Å². The second-order valence-corrected chi connectivity index (χ2v) is 8.14. The number of alkyl halides is 3. The van der Waals surface area contributed by atoms with Crippen LogP contribution in [0.2, 0.25) is 0 Å². The van der Waals surface area contributed by atoms with Gasteiger partial charge in [0.25, 0.3) is 0 Å². The summed E-state index contributed by atoms with van der Waals surface area (Å²) in [6.07, 6.45) is -1.56. The van der Waals surface area contributed by atoms with Crippen molar-refractivity contribution in [1.29, 1.82) is 0 Å². The molecule has 194 valence electrons. The molecule has 34 heavy (non-hydrogen) atoms. The average Bonchev–Trinajstić information content (AvgIpc) is 2.77. The number of urea groups is 1. The summed E-state index contributed by atoms with van der Waals surface area (Å²) in [6.45, 7) is 5.33. The summed E-state index contributed by atoms with van der Waals surface area (Å²) in [5, 5.41) is 11.1. The molecule has 2 N–H and O–H groups in total. The van der Waals surface area contributed by atoms with Crippen LogP contribution in [-0.4, -0.2) is 67.1 Å². The summed E-state index contributed by atoms with van der Waals surface area (Å²) in [4.78, 5) is 25.0. The largest absolute Gasteiger partial charge is 0.492 e. The average molecular weight is 491 g/mol. The van der Waals surface area contributed by atoms with Gasteiger partial charge in [0.2, 0.25) is 0 Å². The van der Waals surface area contributed by atoms with Gasteiger partial charge in [-0.2, -0.15) is 13.2 Å². The number of hydrogen-bond acceptors (Lipinski definition) is 4. The van der Waals surface area contributed by atoms with Gasteiger partial charge in [0.1, 0.15) is 18.9 Å².